The van der Waals surface area contributed by atoms with Crippen LogP contribution in [0.4, 0.5) is 8.78 Å². The van der Waals surface area contributed by atoms with Crippen molar-refractivity contribution in [2.24, 2.45) is 0 Å². The molecule has 6 heteroatoms. The van der Waals surface area contributed by atoms with Crippen LogP contribution in [0.1, 0.15) is 31.7 Å². The summed E-state index contributed by atoms with van der Waals surface area (Å²) in [6.45, 7) is 7.74. The van der Waals surface area contributed by atoms with Gasteiger partial charge in [-0.2, -0.15) is 0 Å². The first-order valence-corrected chi connectivity index (χ1v) is 10.1. The van der Waals surface area contributed by atoms with Crippen molar-refractivity contribution < 1.29 is 18.3 Å². The summed E-state index contributed by atoms with van der Waals surface area (Å²) in [6.07, 6.45) is 10.2. The predicted molar refractivity (Wildman–Crippen MR) is 118 cm³/mol. The van der Waals surface area contributed by atoms with Gasteiger partial charge in [-0.1, -0.05) is 24.3 Å². The Hall–Kier alpha value is -2.44. The lowest BCUT2D eigenvalue weighted by molar-refractivity contribution is 0.0789. The van der Waals surface area contributed by atoms with Gasteiger partial charge in [0.15, 0.2) is 0 Å². The van der Waals surface area contributed by atoms with Crippen molar-refractivity contribution in [3.05, 3.63) is 77.2 Å². The third-order valence-corrected chi connectivity index (χ3v) is 5.02. The molecule has 2 aliphatic rings. The highest BCUT2D eigenvalue weighted by atomic mass is 19.1. The molecular weight excluding hydrogens is 386 g/mol. The van der Waals surface area contributed by atoms with Gasteiger partial charge in [-0.05, 0) is 62.7 Å². The Morgan fingerprint density at radius 3 is 2.73 bits per heavy atom. The summed E-state index contributed by atoms with van der Waals surface area (Å²) in [7, 11) is 3.27. The van der Waals surface area contributed by atoms with Gasteiger partial charge in [0.25, 0.3) is 0 Å². The number of benzene rings is 1. The van der Waals surface area contributed by atoms with Crippen molar-refractivity contribution >= 4 is 6.08 Å². The van der Waals surface area contributed by atoms with E-state index in [4.69, 9.17) is 9.47 Å². The molecule has 1 aliphatic heterocycles. The molecule has 2 unspecified atom stereocenters. The summed E-state index contributed by atoms with van der Waals surface area (Å²) in [5.74, 6) is -0.328. The Balaban J connectivity index is 0.000000335. The molecule has 1 aromatic carbocycles. The second kappa shape index (κ2) is 12.3. The van der Waals surface area contributed by atoms with E-state index < -0.39 is 11.6 Å². The van der Waals surface area contributed by atoms with Crippen LogP contribution in [0.25, 0.3) is 6.08 Å². The molecule has 1 aliphatic carbocycles. The van der Waals surface area contributed by atoms with E-state index in [-0.39, 0.29) is 6.10 Å². The molecule has 0 bridgehead atoms. The summed E-state index contributed by atoms with van der Waals surface area (Å²) in [5, 5.41) is 6.39. The Bertz CT molecular complexity index is 796. The van der Waals surface area contributed by atoms with Gasteiger partial charge >= 0.3 is 0 Å². The maximum absolute atomic E-state index is 13.7. The van der Waals surface area contributed by atoms with E-state index in [1.807, 2.05) is 13.0 Å². The van der Waals surface area contributed by atoms with E-state index in [2.05, 4.69) is 23.3 Å². The molecule has 0 aromatic heterocycles. The number of halogens is 2. The van der Waals surface area contributed by atoms with Gasteiger partial charge in [-0.15, -0.1) is 0 Å². The second-order valence-corrected chi connectivity index (χ2v) is 7.38. The Kier molecular flexibility index (Phi) is 9.77. The zero-order chi connectivity index (χ0) is 21.9. The number of nitrogens with one attached hydrogen (secondary N) is 2. The first-order valence-electron chi connectivity index (χ1n) is 10.1. The van der Waals surface area contributed by atoms with Gasteiger partial charge in [0.2, 0.25) is 0 Å². The number of methoxy groups -OCH3 is 2. The third kappa shape index (κ3) is 7.43. The van der Waals surface area contributed by atoms with Crippen molar-refractivity contribution in [3.63, 3.8) is 0 Å². The van der Waals surface area contributed by atoms with E-state index in [1.165, 1.54) is 18.6 Å². The van der Waals surface area contributed by atoms with Gasteiger partial charge < -0.3 is 20.1 Å². The number of allylic oxidation sites excluding steroid dienone is 3. The van der Waals surface area contributed by atoms with Gasteiger partial charge in [-0.3, -0.25) is 0 Å². The summed E-state index contributed by atoms with van der Waals surface area (Å²) < 4.78 is 37.2. The molecule has 0 radical (unpaired) electrons. The summed E-state index contributed by atoms with van der Waals surface area (Å²) in [5.41, 5.74) is 2.47. The van der Waals surface area contributed by atoms with Gasteiger partial charge in [0, 0.05) is 31.3 Å². The summed E-state index contributed by atoms with van der Waals surface area (Å²) in [6, 6.07) is 4.23. The van der Waals surface area contributed by atoms with Crippen molar-refractivity contribution in [1.82, 2.24) is 10.6 Å². The highest BCUT2D eigenvalue weighted by Gasteiger charge is 2.18. The average Bonchev–Trinajstić information content (AvgIpc) is 3.24. The fourth-order valence-corrected chi connectivity index (χ4v) is 3.46. The number of hydrogen-bond acceptors (Lipinski definition) is 4. The lowest BCUT2D eigenvalue weighted by atomic mass is 9.96. The van der Waals surface area contributed by atoms with Crippen LogP contribution in [0.5, 0.6) is 0 Å². The smallest absolute Gasteiger partial charge is 0.133 e. The fraction of sp³-hybridized carbons (Fsp3) is 0.417. The standard InChI is InChI=1S/C18H20F2O2.C6H12N2/c1-12(9-14-5-6-15(19)11-16(14)20)8-13-4-7-17(21-2)18(10-13)22-3;1-2-8-6-3-4-7-5-6/h4-6,9-11,17H,7-8H2,1-3H3;2,6-8H,1,3-5H2/b12-9+;. The number of rotatable bonds is 7. The monoisotopic (exact) mass is 418 g/mol. The molecule has 1 heterocycles. The van der Waals surface area contributed by atoms with Crippen molar-refractivity contribution in [2.75, 3.05) is 27.3 Å². The van der Waals surface area contributed by atoms with Crippen molar-refractivity contribution in [3.8, 4) is 0 Å². The number of ether oxygens (including phenoxy) is 2. The summed E-state index contributed by atoms with van der Waals surface area (Å²) in [4.78, 5) is 0. The first-order chi connectivity index (χ1) is 14.5. The maximum atomic E-state index is 13.7. The van der Waals surface area contributed by atoms with E-state index in [1.54, 1.807) is 26.5 Å². The summed E-state index contributed by atoms with van der Waals surface area (Å²) >= 11 is 0. The minimum Gasteiger partial charge on any atom is -0.498 e. The van der Waals surface area contributed by atoms with E-state index in [9.17, 15) is 8.78 Å². The minimum atomic E-state index is -0.569. The largest absolute Gasteiger partial charge is 0.498 e. The molecule has 1 aromatic rings. The maximum Gasteiger partial charge on any atom is 0.133 e. The lowest BCUT2D eigenvalue weighted by Crippen LogP contribution is -2.25. The van der Waals surface area contributed by atoms with Crippen LogP contribution in [0.2, 0.25) is 0 Å². The van der Waals surface area contributed by atoms with Crippen molar-refractivity contribution in [2.45, 2.75) is 38.3 Å². The highest BCUT2D eigenvalue weighted by molar-refractivity contribution is 5.54. The molecule has 164 valence electrons. The molecule has 0 saturated carbocycles. The van der Waals surface area contributed by atoms with Gasteiger partial charge in [0.05, 0.1) is 7.11 Å². The van der Waals surface area contributed by atoms with Crippen LogP contribution in [-0.2, 0) is 9.47 Å². The molecule has 1 fully saturated rings. The normalized spacial score (nSPS) is 21.2. The predicted octanol–water partition coefficient (Wildman–Crippen LogP) is 4.72. The Morgan fingerprint density at radius 1 is 1.33 bits per heavy atom. The van der Waals surface area contributed by atoms with Crippen LogP contribution >= 0.6 is 0 Å². The molecule has 2 atom stereocenters. The third-order valence-electron chi connectivity index (χ3n) is 5.02. The molecule has 4 nitrogen and oxygen atoms in total. The topological polar surface area (TPSA) is 42.5 Å². The Morgan fingerprint density at radius 2 is 2.13 bits per heavy atom. The Labute approximate surface area is 178 Å². The van der Waals surface area contributed by atoms with E-state index in [0.29, 0.717) is 18.0 Å². The molecular formula is C24H32F2N2O2. The first kappa shape index (κ1) is 23.8. The fourth-order valence-electron chi connectivity index (χ4n) is 3.46. The second-order valence-electron chi connectivity index (χ2n) is 7.38. The molecule has 30 heavy (non-hydrogen) atoms. The van der Waals surface area contributed by atoms with Crippen LogP contribution < -0.4 is 10.6 Å². The zero-order valence-corrected chi connectivity index (χ0v) is 18.0. The van der Waals surface area contributed by atoms with Gasteiger partial charge in [0.1, 0.15) is 23.5 Å². The van der Waals surface area contributed by atoms with E-state index >= 15 is 0 Å². The van der Waals surface area contributed by atoms with Crippen LogP contribution in [-0.4, -0.2) is 39.5 Å². The van der Waals surface area contributed by atoms with E-state index in [0.717, 1.165) is 42.5 Å². The SMILES string of the molecule is C=CNC1CCNC1.COC1=CC(C/C(C)=C/c2ccc(F)cc2F)=CCC1OC. The van der Waals surface area contributed by atoms with Gasteiger partial charge in [-0.25, -0.2) is 8.78 Å². The highest BCUT2D eigenvalue weighted by Crippen LogP contribution is 2.26. The van der Waals surface area contributed by atoms with Crippen LogP contribution in [0.15, 0.2) is 60.0 Å². The average molecular weight is 419 g/mol. The molecule has 1 saturated heterocycles. The minimum absolute atomic E-state index is 0.0485. The molecule has 0 spiro atoms. The molecule has 2 N–H and O–H groups in total. The molecule has 0 amide bonds. The molecule has 3 rings (SSSR count). The van der Waals surface area contributed by atoms with Crippen LogP contribution in [0, 0.1) is 11.6 Å². The zero-order valence-electron chi connectivity index (χ0n) is 18.0. The lowest BCUT2D eigenvalue weighted by Gasteiger charge is -2.21. The van der Waals surface area contributed by atoms with Crippen LogP contribution in [0.3, 0.4) is 0 Å². The van der Waals surface area contributed by atoms with Crippen molar-refractivity contribution in [1.29, 1.82) is 0 Å². The quantitative estimate of drug-likeness (QED) is 0.673. The number of hydrogen-bond donors (Lipinski definition) is 2.